The third kappa shape index (κ3) is 2.50. The molecule has 4 nitrogen and oxygen atoms in total. The summed E-state index contributed by atoms with van der Waals surface area (Å²) in [6.45, 7) is 0. The number of hydrogen-bond acceptors (Lipinski definition) is 3. The predicted octanol–water partition coefficient (Wildman–Crippen LogP) is 7.14. The molecule has 150 valence electrons. The van der Waals surface area contributed by atoms with Crippen LogP contribution in [-0.2, 0) is 0 Å². The molecule has 0 bridgehead atoms. The van der Waals surface area contributed by atoms with Crippen molar-refractivity contribution < 1.29 is 4.42 Å². The molecule has 0 atom stereocenters. The van der Waals surface area contributed by atoms with Gasteiger partial charge in [0.1, 0.15) is 22.2 Å². The monoisotopic (exact) mass is 411 g/mol. The zero-order valence-electron chi connectivity index (χ0n) is 17.1. The minimum absolute atomic E-state index is 0.868. The second kappa shape index (κ2) is 6.53. The lowest BCUT2D eigenvalue weighted by Gasteiger charge is -2.08. The Bertz CT molecular complexity index is 1780. The number of hydrogen-bond donors (Lipinski definition) is 0. The maximum atomic E-state index is 6.25. The molecule has 2 aromatic heterocycles. The van der Waals surface area contributed by atoms with Gasteiger partial charge in [0.15, 0.2) is 0 Å². The number of fused-ring (bicyclic) bond motifs is 6. The fourth-order valence-corrected chi connectivity index (χ4v) is 4.54. The van der Waals surface area contributed by atoms with Gasteiger partial charge in [-0.05, 0) is 52.9 Å². The highest BCUT2D eigenvalue weighted by molar-refractivity contribution is 6.19. The summed E-state index contributed by atoms with van der Waals surface area (Å²) < 4.78 is 6.25. The van der Waals surface area contributed by atoms with Gasteiger partial charge >= 0.3 is 0 Å². The van der Waals surface area contributed by atoms with E-state index in [4.69, 9.17) is 9.52 Å². The van der Waals surface area contributed by atoms with Crippen LogP contribution < -0.4 is 0 Å². The standard InChI is InChI=1S/C28H17N3O/c1-2-8-19(9-3-1)31-29-25-15-14-18(16-26(25)30-31)23-17-24-21-11-6-7-13-27(21)32-28(24)22-12-5-4-10-20(22)23/h1-17H. The molecule has 0 amide bonds. The molecule has 0 unspecified atom stereocenters. The zero-order chi connectivity index (χ0) is 21.1. The second-order valence-corrected chi connectivity index (χ2v) is 7.97. The summed E-state index contributed by atoms with van der Waals surface area (Å²) in [7, 11) is 0. The molecular weight excluding hydrogens is 394 g/mol. The molecule has 5 aromatic carbocycles. The fourth-order valence-electron chi connectivity index (χ4n) is 4.54. The first-order valence-corrected chi connectivity index (χ1v) is 10.6. The summed E-state index contributed by atoms with van der Waals surface area (Å²) in [5, 5.41) is 13.9. The highest BCUT2D eigenvalue weighted by atomic mass is 16.3. The molecule has 0 radical (unpaired) electrons. The summed E-state index contributed by atoms with van der Waals surface area (Å²) in [6, 6.07) is 35.2. The van der Waals surface area contributed by atoms with E-state index >= 15 is 0 Å². The van der Waals surface area contributed by atoms with E-state index in [1.54, 1.807) is 4.80 Å². The second-order valence-electron chi connectivity index (χ2n) is 7.97. The van der Waals surface area contributed by atoms with Crippen molar-refractivity contribution in [3.05, 3.63) is 103 Å². The molecule has 0 aliphatic heterocycles. The van der Waals surface area contributed by atoms with E-state index in [0.29, 0.717) is 0 Å². The van der Waals surface area contributed by atoms with Crippen molar-refractivity contribution in [2.75, 3.05) is 0 Å². The highest BCUT2D eigenvalue weighted by Gasteiger charge is 2.15. The number of benzene rings is 5. The molecule has 4 heteroatoms. The summed E-state index contributed by atoms with van der Waals surface area (Å²) in [5.74, 6) is 0. The zero-order valence-corrected chi connectivity index (χ0v) is 17.1. The van der Waals surface area contributed by atoms with Gasteiger partial charge in [-0.1, -0.05) is 66.7 Å². The lowest BCUT2D eigenvalue weighted by molar-refractivity contribution is 0.672. The summed E-state index contributed by atoms with van der Waals surface area (Å²) >= 11 is 0. The van der Waals surface area contributed by atoms with Gasteiger partial charge in [-0.15, -0.1) is 10.2 Å². The van der Waals surface area contributed by atoms with E-state index in [0.717, 1.165) is 60.6 Å². The Morgan fingerprint density at radius 1 is 0.562 bits per heavy atom. The van der Waals surface area contributed by atoms with Gasteiger partial charge in [0, 0.05) is 16.2 Å². The van der Waals surface area contributed by atoms with Crippen LogP contribution in [0.2, 0.25) is 0 Å². The first-order chi connectivity index (χ1) is 15.8. The molecule has 0 aliphatic rings. The van der Waals surface area contributed by atoms with E-state index in [1.165, 1.54) is 0 Å². The van der Waals surface area contributed by atoms with E-state index in [-0.39, 0.29) is 0 Å². The summed E-state index contributed by atoms with van der Waals surface area (Å²) in [4.78, 5) is 1.69. The van der Waals surface area contributed by atoms with Gasteiger partial charge in [-0.25, -0.2) is 0 Å². The Morgan fingerprint density at radius 3 is 2.16 bits per heavy atom. The van der Waals surface area contributed by atoms with E-state index in [9.17, 15) is 0 Å². The van der Waals surface area contributed by atoms with Gasteiger partial charge < -0.3 is 4.42 Å². The maximum Gasteiger partial charge on any atom is 0.143 e. The summed E-state index contributed by atoms with van der Waals surface area (Å²) in [5.41, 5.74) is 6.80. The molecule has 7 aromatic rings. The van der Waals surface area contributed by atoms with Crippen LogP contribution in [0.1, 0.15) is 0 Å². The van der Waals surface area contributed by atoms with Gasteiger partial charge in [-0.3, -0.25) is 0 Å². The smallest absolute Gasteiger partial charge is 0.143 e. The Labute approximate surface area is 183 Å². The number of para-hydroxylation sites is 2. The van der Waals surface area contributed by atoms with Crippen LogP contribution in [0.4, 0.5) is 0 Å². The van der Waals surface area contributed by atoms with Crippen molar-refractivity contribution in [3.8, 4) is 16.8 Å². The molecule has 0 saturated heterocycles. The molecular formula is C28H17N3O. The van der Waals surface area contributed by atoms with Crippen LogP contribution in [0.15, 0.2) is 108 Å². The molecule has 32 heavy (non-hydrogen) atoms. The molecule has 0 spiro atoms. The minimum Gasteiger partial charge on any atom is -0.455 e. The Kier molecular flexibility index (Phi) is 3.52. The Hall–Kier alpha value is -4.44. The van der Waals surface area contributed by atoms with Crippen molar-refractivity contribution in [2.45, 2.75) is 0 Å². The van der Waals surface area contributed by atoms with Crippen molar-refractivity contribution in [3.63, 3.8) is 0 Å². The van der Waals surface area contributed by atoms with E-state index in [1.807, 2.05) is 48.5 Å². The van der Waals surface area contributed by atoms with Gasteiger partial charge in [0.05, 0.1) is 5.69 Å². The number of nitrogens with zero attached hydrogens (tertiary/aromatic N) is 3. The van der Waals surface area contributed by atoms with Crippen molar-refractivity contribution in [1.82, 2.24) is 15.0 Å². The average Bonchev–Trinajstić information content (AvgIpc) is 3.45. The van der Waals surface area contributed by atoms with E-state index < -0.39 is 0 Å². The molecule has 2 heterocycles. The Balaban J connectivity index is 1.50. The summed E-state index contributed by atoms with van der Waals surface area (Å²) in [6.07, 6.45) is 0. The molecule has 0 fully saturated rings. The van der Waals surface area contributed by atoms with Gasteiger partial charge in [-0.2, -0.15) is 4.80 Å². The van der Waals surface area contributed by atoms with E-state index in [2.05, 4.69) is 59.7 Å². The lowest BCUT2D eigenvalue weighted by Crippen LogP contribution is -1.97. The van der Waals surface area contributed by atoms with Crippen LogP contribution in [-0.4, -0.2) is 15.0 Å². The van der Waals surface area contributed by atoms with Crippen molar-refractivity contribution in [1.29, 1.82) is 0 Å². The third-order valence-electron chi connectivity index (χ3n) is 6.06. The highest BCUT2D eigenvalue weighted by Crippen LogP contribution is 2.39. The van der Waals surface area contributed by atoms with Gasteiger partial charge in [0.2, 0.25) is 0 Å². The Morgan fingerprint density at radius 2 is 1.28 bits per heavy atom. The number of furan rings is 1. The lowest BCUT2D eigenvalue weighted by atomic mass is 9.95. The van der Waals surface area contributed by atoms with Crippen LogP contribution in [0, 0.1) is 0 Å². The first-order valence-electron chi connectivity index (χ1n) is 10.6. The normalized spacial score (nSPS) is 11.8. The fraction of sp³-hybridized carbons (Fsp3) is 0. The van der Waals surface area contributed by atoms with Gasteiger partial charge in [0.25, 0.3) is 0 Å². The topological polar surface area (TPSA) is 43.9 Å². The SMILES string of the molecule is c1ccc(-n2nc3ccc(-c4cc5c6ccccc6oc5c5ccccc45)cc3n2)cc1. The first kappa shape index (κ1) is 17.3. The molecule has 7 rings (SSSR count). The van der Waals surface area contributed by atoms with Crippen LogP contribution >= 0.6 is 0 Å². The van der Waals surface area contributed by atoms with Crippen LogP contribution in [0.3, 0.4) is 0 Å². The third-order valence-corrected chi connectivity index (χ3v) is 6.06. The number of aromatic nitrogens is 3. The molecule has 0 aliphatic carbocycles. The van der Waals surface area contributed by atoms with Crippen LogP contribution in [0.5, 0.6) is 0 Å². The largest absolute Gasteiger partial charge is 0.455 e. The van der Waals surface area contributed by atoms with Crippen molar-refractivity contribution in [2.24, 2.45) is 0 Å². The quantitative estimate of drug-likeness (QED) is 0.304. The molecule has 0 N–H and O–H groups in total. The number of rotatable bonds is 2. The minimum atomic E-state index is 0.868. The average molecular weight is 411 g/mol. The van der Waals surface area contributed by atoms with Crippen molar-refractivity contribution >= 4 is 43.7 Å². The predicted molar refractivity (Wildman–Crippen MR) is 129 cm³/mol. The van der Waals surface area contributed by atoms with Crippen LogP contribution in [0.25, 0.3) is 60.6 Å². The molecule has 0 saturated carbocycles. The maximum absolute atomic E-state index is 6.25.